The van der Waals surface area contributed by atoms with E-state index in [0.29, 0.717) is 23.5 Å². The molecule has 0 aliphatic rings. The van der Waals surface area contributed by atoms with Crippen LogP contribution in [0.5, 0.6) is 5.75 Å². The third-order valence-corrected chi connectivity index (χ3v) is 3.79. The Balaban J connectivity index is 1.95. The van der Waals surface area contributed by atoms with Gasteiger partial charge < -0.3 is 15.4 Å². The van der Waals surface area contributed by atoms with E-state index >= 15 is 0 Å². The number of carbonyl (C=O) groups excluding carboxylic acids is 2. The van der Waals surface area contributed by atoms with E-state index in [2.05, 4.69) is 17.6 Å². The Morgan fingerprint density at radius 3 is 2.52 bits per heavy atom. The largest absolute Gasteiger partial charge is 0.484 e. The predicted molar refractivity (Wildman–Crippen MR) is 100 cm³/mol. The van der Waals surface area contributed by atoms with Crippen molar-refractivity contribution in [1.82, 2.24) is 0 Å². The number of hydrogen-bond donors (Lipinski definition) is 2. The molecular formula is C20H24N2O3. The molecule has 0 aromatic heterocycles. The van der Waals surface area contributed by atoms with Crippen molar-refractivity contribution in [2.45, 2.75) is 33.6 Å². The van der Waals surface area contributed by atoms with Gasteiger partial charge in [-0.3, -0.25) is 9.59 Å². The fraction of sp³-hybridized carbons (Fsp3) is 0.300. The summed E-state index contributed by atoms with van der Waals surface area (Å²) >= 11 is 0. The van der Waals surface area contributed by atoms with Gasteiger partial charge in [0, 0.05) is 17.8 Å². The summed E-state index contributed by atoms with van der Waals surface area (Å²) in [6, 6.07) is 13.1. The third kappa shape index (κ3) is 5.64. The van der Waals surface area contributed by atoms with Crippen LogP contribution in [0.25, 0.3) is 0 Å². The first-order valence-corrected chi connectivity index (χ1v) is 8.44. The monoisotopic (exact) mass is 340 g/mol. The quantitative estimate of drug-likeness (QED) is 0.803. The number of hydrogen-bond acceptors (Lipinski definition) is 3. The Bertz CT molecular complexity index is 756. The second-order valence-electron chi connectivity index (χ2n) is 5.77. The lowest BCUT2D eigenvalue weighted by molar-refractivity contribution is -0.118. The summed E-state index contributed by atoms with van der Waals surface area (Å²) in [6.45, 7) is 5.69. The highest BCUT2D eigenvalue weighted by Gasteiger charge is 2.08. The zero-order chi connectivity index (χ0) is 18.2. The number of nitrogens with one attached hydrogen (secondary N) is 2. The van der Waals surface area contributed by atoms with E-state index in [1.807, 2.05) is 37.3 Å². The van der Waals surface area contributed by atoms with E-state index in [-0.39, 0.29) is 18.4 Å². The lowest BCUT2D eigenvalue weighted by Crippen LogP contribution is -2.20. The van der Waals surface area contributed by atoms with Gasteiger partial charge in [0.1, 0.15) is 5.75 Å². The Labute approximate surface area is 148 Å². The van der Waals surface area contributed by atoms with Gasteiger partial charge in [0.15, 0.2) is 6.61 Å². The van der Waals surface area contributed by atoms with Crippen molar-refractivity contribution in [2.24, 2.45) is 0 Å². The molecule has 0 spiro atoms. The summed E-state index contributed by atoms with van der Waals surface area (Å²) in [6.07, 6.45) is 1.32. The maximum absolute atomic E-state index is 12.1. The Morgan fingerprint density at radius 2 is 1.80 bits per heavy atom. The van der Waals surface area contributed by atoms with Crippen molar-refractivity contribution >= 4 is 23.2 Å². The highest BCUT2D eigenvalue weighted by Crippen LogP contribution is 2.20. The van der Waals surface area contributed by atoms with Crippen molar-refractivity contribution in [3.8, 4) is 5.75 Å². The molecule has 0 saturated carbocycles. The summed E-state index contributed by atoms with van der Waals surface area (Å²) in [4.78, 5) is 23.7. The number of rotatable bonds is 7. The van der Waals surface area contributed by atoms with Crippen molar-refractivity contribution in [3.63, 3.8) is 0 Å². The maximum atomic E-state index is 12.1. The normalized spacial score (nSPS) is 10.2. The summed E-state index contributed by atoms with van der Waals surface area (Å²) in [5, 5.41) is 5.61. The van der Waals surface area contributed by atoms with E-state index in [1.54, 1.807) is 19.1 Å². The van der Waals surface area contributed by atoms with E-state index < -0.39 is 0 Å². The Kier molecular flexibility index (Phi) is 6.57. The van der Waals surface area contributed by atoms with E-state index in [9.17, 15) is 9.59 Å². The molecule has 0 atom stereocenters. The molecule has 0 heterocycles. The molecule has 0 bridgehead atoms. The average Bonchev–Trinajstić information content (AvgIpc) is 2.62. The first kappa shape index (κ1) is 18.5. The van der Waals surface area contributed by atoms with E-state index in [0.717, 1.165) is 17.5 Å². The molecule has 0 radical (unpaired) electrons. The second kappa shape index (κ2) is 8.87. The van der Waals surface area contributed by atoms with Crippen LogP contribution in [0.1, 0.15) is 31.4 Å². The van der Waals surface area contributed by atoms with Gasteiger partial charge in [-0.05, 0) is 48.7 Å². The number of anilines is 2. The van der Waals surface area contributed by atoms with Crippen LogP contribution >= 0.6 is 0 Å². The molecule has 2 N–H and O–H groups in total. The first-order chi connectivity index (χ1) is 12.0. The maximum Gasteiger partial charge on any atom is 0.262 e. The third-order valence-electron chi connectivity index (χ3n) is 3.79. The predicted octanol–water partition coefficient (Wildman–Crippen LogP) is 3.92. The molecule has 2 rings (SSSR count). The minimum Gasteiger partial charge on any atom is -0.484 e. The molecule has 2 amide bonds. The second-order valence-corrected chi connectivity index (χ2v) is 5.77. The van der Waals surface area contributed by atoms with Crippen molar-refractivity contribution in [2.75, 3.05) is 17.2 Å². The van der Waals surface area contributed by atoms with E-state index in [4.69, 9.17) is 4.74 Å². The molecule has 0 saturated heterocycles. The molecule has 0 fully saturated rings. The summed E-state index contributed by atoms with van der Waals surface area (Å²) in [7, 11) is 0. The molecule has 5 heteroatoms. The minimum atomic E-state index is -0.251. The van der Waals surface area contributed by atoms with Crippen LogP contribution in [-0.2, 0) is 16.0 Å². The van der Waals surface area contributed by atoms with Gasteiger partial charge in [0.2, 0.25) is 5.91 Å². The first-order valence-electron chi connectivity index (χ1n) is 8.44. The zero-order valence-electron chi connectivity index (χ0n) is 14.9. The molecule has 25 heavy (non-hydrogen) atoms. The van der Waals surface area contributed by atoms with Gasteiger partial charge in [0.05, 0.1) is 0 Å². The molecule has 0 aliphatic heterocycles. The fourth-order valence-corrected chi connectivity index (χ4v) is 2.27. The number of amides is 2. The number of benzene rings is 2. The van der Waals surface area contributed by atoms with Crippen molar-refractivity contribution < 1.29 is 14.3 Å². The van der Waals surface area contributed by atoms with Gasteiger partial charge in [-0.15, -0.1) is 0 Å². The van der Waals surface area contributed by atoms with Gasteiger partial charge in [-0.2, -0.15) is 0 Å². The lowest BCUT2D eigenvalue weighted by Gasteiger charge is -2.12. The Hall–Kier alpha value is -2.82. The number of carbonyl (C=O) groups is 2. The van der Waals surface area contributed by atoms with Crippen LogP contribution in [0, 0.1) is 6.92 Å². The molecule has 0 aliphatic carbocycles. The molecular weight excluding hydrogens is 316 g/mol. The molecule has 0 unspecified atom stereocenters. The summed E-state index contributed by atoms with van der Waals surface area (Å²) in [5.74, 6) is 0.360. The van der Waals surface area contributed by atoms with Gasteiger partial charge in [0.25, 0.3) is 5.91 Å². The zero-order valence-corrected chi connectivity index (χ0v) is 14.9. The van der Waals surface area contributed by atoms with Crippen LogP contribution in [0.2, 0.25) is 0 Å². The average molecular weight is 340 g/mol. The standard InChI is InChI=1S/C20H24N2O3/c1-4-15-7-6-8-17(11-15)25-13-20(24)21-16-10-9-14(3)18(12-16)22-19(23)5-2/h6-12H,4-5,13H2,1-3H3,(H,21,24)(H,22,23). The highest BCUT2D eigenvalue weighted by atomic mass is 16.5. The topological polar surface area (TPSA) is 67.4 Å². The van der Waals surface area contributed by atoms with Gasteiger partial charge in [-0.25, -0.2) is 0 Å². The van der Waals surface area contributed by atoms with Crippen LogP contribution in [0.3, 0.4) is 0 Å². The van der Waals surface area contributed by atoms with Gasteiger partial charge in [-0.1, -0.05) is 32.0 Å². The number of aryl methyl sites for hydroxylation is 2. The lowest BCUT2D eigenvalue weighted by atomic mass is 10.1. The van der Waals surface area contributed by atoms with Gasteiger partial charge >= 0.3 is 0 Å². The summed E-state index contributed by atoms with van der Waals surface area (Å²) < 4.78 is 5.54. The van der Waals surface area contributed by atoms with Crippen LogP contribution in [-0.4, -0.2) is 18.4 Å². The SMILES string of the molecule is CCC(=O)Nc1cc(NC(=O)COc2cccc(CC)c2)ccc1C. The summed E-state index contributed by atoms with van der Waals surface area (Å²) in [5.41, 5.74) is 3.41. The van der Waals surface area contributed by atoms with E-state index in [1.165, 1.54) is 0 Å². The smallest absolute Gasteiger partial charge is 0.262 e. The highest BCUT2D eigenvalue weighted by molar-refractivity contribution is 5.95. The molecule has 132 valence electrons. The van der Waals surface area contributed by atoms with Crippen LogP contribution in [0.15, 0.2) is 42.5 Å². The molecule has 2 aromatic carbocycles. The minimum absolute atomic E-state index is 0.0642. The number of ether oxygens (including phenoxy) is 1. The molecule has 2 aromatic rings. The molecule has 5 nitrogen and oxygen atoms in total. The van der Waals surface area contributed by atoms with Crippen molar-refractivity contribution in [3.05, 3.63) is 53.6 Å². The van der Waals surface area contributed by atoms with Crippen LogP contribution in [0.4, 0.5) is 11.4 Å². The Morgan fingerprint density at radius 1 is 1.00 bits per heavy atom. The van der Waals surface area contributed by atoms with Crippen molar-refractivity contribution in [1.29, 1.82) is 0 Å². The fourth-order valence-electron chi connectivity index (χ4n) is 2.27. The van der Waals surface area contributed by atoms with Crippen LogP contribution < -0.4 is 15.4 Å².